The number of nitrogens with one attached hydrogen (secondary N) is 1. The molecule has 1 aliphatic rings. The van der Waals surface area contributed by atoms with Crippen molar-refractivity contribution < 1.29 is 4.79 Å². The van der Waals surface area contributed by atoms with E-state index in [1.165, 1.54) is 4.88 Å². The highest BCUT2D eigenvalue weighted by molar-refractivity contribution is 7.10. The topological polar surface area (TPSA) is 55.1 Å². The highest BCUT2D eigenvalue weighted by Gasteiger charge is 2.44. The number of carbonyl (C=O) groups is 1. The Morgan fingerprint density at radius 1 is 1.50 bits per heavy atom. The second kappa shape index (κ2) is 4.67. The molecule has 18 heavy (non-hydrogen) atoms. The zero-order valence-corrected chi connectivity index (χ0v) is 12.1. The first-order valence-corrected chi connectivity index (χ1v) is 7.33. The zero-order chi connectivity index (χ0) is 13.4. The highest BCUT2D eigenvalue weighted by atomic mass is 32.1. The van der Waals surface area contributed by atoms with E-state index in [1.807, 2.05) is 13.0 Å². The number of rotatable bonds is 5. The van der Waals surface area contributed by atoms with Gasteiger partial charge in [-0.05, 0) is 37.1 Å². The van der Waals surface area contributed by atoms with Crippen LogP contribution in [-0.4, -0.2) is 18.0 Å². The molecule has 0 aromatic carbocycles. The molecule has 4 heteroatoms. The molecule has 100 valence electrons. The van der Waals surface area contributed by atoms with Crippen molar-refractivity contribution in [1.82, 2.24) is 5.32 Å². The number of thiophene rings is 1. The summed E-state index contributed by atoms with van der Waals surface area (Å²) < 4.78 is 0. The molecule has 1 atom stereocenters. The maximum Gasteiger partial charge on any atom is 0.240 e. The monoisotopic (exact) mass is 266 g/mol. The SMILES string of the molecule is CC(C)(CNC(=O)C(C)(N)C1CC1)c1cccs1. The number of hydrogen-bond acceptors (Lipinski definition) is 3. The first kappa shape index (κ1) is 13.6. The van der Waals surface area contributed by atoms with Gasteiger partial charge in [0.15, 0.2) is 0 Å². The number of nitrogens with two attached hydrogens (primary N) is 1. The fraction of sp³-hybridized carbons (Fsp3) is 0.643. The smallest absolute Gasteiger partial charge is 0.240 e. The predicted molar refractivity (Wildman–Crippen MR) is 75.7 cm³/mol. The van der Waals surface area contributed by atoms with E-state index < -0.39 is 5.54 Å². The molecule has 0 saturated heterocycles. The third-order valence-corrected chi connectivity index (χ3v) is 5.03. The van der Waals surface area contributed by atoms with Crippen LogP contribution in [0, 0.1) is 5.92 Å². The van der Waals surface area contributed by atoms with Crippen LogP contribution in [0.1, 0.15) is 38.5 Å². The van der Waals surface area contributed by atoms with Crippen LogP contribution in [0.2, 0.25) is 0 Å². The van der Waals surface area contributed by atoms with Gasteiger partial charge in [-0.15, -0.1) is 11.3 Å². The van der Waals surface area contributed by atoms with E-state index in [4.69, 9.17) is 5.73 Å². The normalized spacial score (nSPS) is 19.3. The van der Waals surface area contributed by atoms with Gasteiger partial charge in [0, 0.05) is 16.8 Å². The summed E-state index contributed by atoms with van der Waals surface area (Å²) in [6.45, 7) is 6.76. The van der Waals surface area contributed by atoms with Crippen LogP contribution in [0.3, 0.4) is 0 Å². The summed E-state index contributed by atoms with van der Waals surface area (Å²) in [6, 6.07) is 4.15. The first-order chi connectivity index (χ1) is 8.34. The Hall–Kier alpha value is -0.870. The molecule has 0 radical (unpaired) electrons. The summed E-state index contributed by atoms with van der Waals surface area (Å²) in [5.41, 5.74) is 5.36. The van der Waals surface area contributed by atoms with Crippen molar-refractivity contribution in [1.29, 1.82) is 0 Å². The zero-order valence-electron chi connectivity index (χ0n) is 11.3. The lowest BCUT2D eigenvalue weighted by Crippen LogP contribution is -2.55. The quantitative estimate of drug-likeness (QED) is 0.859. The van der Waals surface area contributed by atoms with Crippen LogP contribution >= 0.6 is 11.3 Å². The average Bonchev–Trinajstić information content (AvgIpc) is 3.02. The van der Waals surface area contributed by atoms with Crippen molar-refractivity contribution in [2.45, 2.75) is 44.6 Å². The van der Waals surface area contributed by atoms with Gasteiger partial charge < -0.3 is 11.1 Å². The Kier molecular flexibility index (Phi) is 3.52. The second-order valence-electron chi connectivity index (χ2n) is 6.10. The molecule has 1 aromatic rings. The third kappa shape index (κ3) is 2.75. The lowest BCUT2D eigenvalue weighted by atomic mass is 9.90. The third-order valence-electron chi connectivity index (χ3n) is 3.79. The molecular weight excluding hydrogens is 244 g/mol. The largest absolute Gasteiger partial charge is 0.354 e. The molecule has 1 unspecified atom stereocenters. The Morgan fingerprint density at radius 2 is 2.17 bits per heavy atom. The predicted octanol–water partition coefficient (Wildman–Crippen LogP) is 2.27. The van der Waals surface area contributed by atoms with E-state index in [2.05, 4.69) is 30.6 Å². The van der Waals surface area contributed by atoms with Gasteiger partial charge in [-0.2, -0.15) is 0 Å². The number of amides is 1. The standard InChI is InChI=1S/C14H22N2OS/c1-13(2,11-5-4-8-18-11)9-16-12(17)14(3,15)10-6-7-10/h4-5,8,10H,6-7,9,15H2,1-3H3,(H,16,17). The van der Waals surface area contributed by atoms with Crippen LogP contribution in [-0.2, 0) is 10.2 Å². The summed E-state index contributed by atoms with van der Waals surface area (Å²) in [5, 5.41) is 5.08. The number of carbonyl (C=O) groups excluding carboxylic acids is 1. The van der Waals surface area contributed by atoms with E-state index in [-0.39, 0.29) is 11.3 Å². The van der Waals surface area contributed by atoms with E-state index >= 15 is 0 Å². The molecule has 1 heterocycles. The molecule has 1 amide bonds. The molecule has 3 N–H and O–H groups in total. The van der Waals surface area contributed by atoms with Gasteiger partial charge in [0.2, 0.25) is 5.91 Å². The number of hydrogen-bond donors (Lipinski definition) is 2. The summed E-state index contributed by atoms with van der Waals surface area (Å²) >= 11 is 1.73. The van der Waals surface area contributed by atoms with Crippen molar-refractivity contribution in [3.63, 3.8) is 0 Å². The van der Waals surface area contributed by atoms with Crippen LogP contribution < -0.4 is 11.1 Å². The van der Waals surface area contributed by atoms with Crippen molar-refractivity contribution >= 4 is 17.2 Å². The van der Waals surface area contributed by atoms with E-state index in [0.29, 0.717) is 12.5 Å². The van der Waals surface area contributed by atoms with Gasteiger partial charge in [-0.3, -0.25) is 4.79 Å². The maximum atomic E-state index is 12.1. The fourth-order valence-electron chi connectivity index (χ4n) is 2.11. The van der Waals surface area contributed by atoms with Crippen LogP contribution in [0.15, 0.2) is 17.5 Å². The minimum Gasteiger partial charge on any atom is -0.354 e. The fourth-order valence-corrected chi connectivity index (χ4v) is 2.96. The lowest BCUT2D eigenvalue weighted by molar-refractivity contribution is -0.126. The minimum absolute atomic E-state index is 0.0189. The highest BCUT2D eigenvalue weighted by Crippen LogP contribution is 2.38. The summed E-state index contributed by atoms with van der Waals surface area (Å²) in [6.07, 6.45) is 2.16. The van der Waals surface area contributed by atoms with Crippen LogP contribution in [0.5, 0.6) is 0 Å². The van der Waals surface area contributed by atoms with Gasteiger partial charge in [0.05, 0.1) is 5.54 Å². The lowest BCUT2D eigenvalue weighted by Gasteiger charge is -2.28. The van der Waals surface area contributed by atoms with Gasteiger partial charge >= 0.3 is 0 Å². The Balaban J connectivity index is 1.93. The molecular formula is C14H22N2OS. The van der Waals surface area contributed by atoms with Crippen molar-refractivity contribution in [3.05, 3.63) is 22.4 Å². The second-order valence-corrected chi connectivity index (χ2v) is 7.05. The Bertz CT molecular complexity index is 419. The molecule has 0 bridgehead atoms. The summed E-state index contributed by atoms with van der Waals surface area (Å²) in [4.78, 5) is 13.4. The molecule has 0 spiro atoms. The van der Waals surface area contributed by atoms with Crippen LogP contribution in [0.4, 0.5) is 0 Å². The van der Waals surface area contributed by atoms with Crippen molar-refractivity contribution in [2.75, 3.05) is 6.54 Å². The molecule has 0 aliphatic heterocycles. The van der Waals surface area contributed by atoms with Gasteiger partial charge in [-0.1, -0.05) is 19.9 Å². The molecule has 2 rings (SSSR count). The van der Waals surface area contributed by atoms with Crippen molar-refractivity contribution in [2.24, 2.45) is 11.7 Å². The first-order valence-electron chi connectivity index (χ1n) is 6.45. The summed E-state index contributed by atoms with van der Waals surface area (Å²) in [7, 11) is 0. The van der Waals surface area contributed by atoms with Gasteiger partial charge in [-0.25, -0.2) is 0 Å². The summed E-state index contributed by atoms with van der Waals surface area (Å²) in [5.74, 6) is 0.344. The van der Waals surface area contributed by atoms with Gasteiger partial charge in [0.25, 0.3) is 0 Å². The Labute approximate surface area is 113 Å². The van der Waals surface area contributed by atoms with Crippen LogP contribution in [0.25, 0.3) is 0 Å². The Morgan fingerprint density at radius 3 is 2.67 bits per heavy atom. The molecule has 1 aromatic heterocycles. The molecule has 3 nitrogen and oxygen atoms in total. The molecule has 1 fully saturated rings. The van der Waals surface area contributed by atoms with Crippen molar-refractivity contribution in [3.8, 4) is 0 Å². The van der Waals surface area contributed by atoms with E-state index in [1.54, 1.807) is 11.3 Å². The molecule has 1 aliphatic carbocycles. The minimum atomic E-state index is -0.703. The van der Waals surface area contributed by atoms with Gasteiger partial charge in [0.1, 0.15) is 0 Å². The molecule has 1 saturated carbocycles. The average molecular weight is 266 g/mol. The maximum absolute atomic E-state index is 12.1. The van der Waals surface area contributed by atoms with E-state index in [0.717, 1.165) is 12.8 Å². The van der Waals surface area contributed by atoms with E-state index in [9.17, 15) is 4.79 Å².